The molecule has 1 unspecified atom stereocenters. The van der Waals surface area contributed by atoms with Crippen LogP contribution in [-0.2, 0) is 48.7 Å². The summed E-state index contributed by atoms with van der Waals surface area (Å²) < 4.78 is 28.8. The number of fused-ring (bicyclic) bond motifs is 4. The number of ether oxygens (including phenoxy) is 5. The number of benzene rings is 8. The first kappa shape index (κ1) is 97.9. The molecule has 12 heterocycles. The molecule has 0 saturated carbocycles. The van der Waals surface area contributed by atoms with Crippen LogP contribution in [-0.4, -0.2) is 168 Å². The Balaban J connectivity index is 0.000000131. The number of rotatable bonds is 22. The number of hydrogen-bond acceptors (Lipinski definition) is 29. The van der Waals surface area contributed by atoms with E-state index in [-0.39, 0.29) is 84.3 Å². The molecule has 716 valence electrons. The Morgan fingerprint density at radius 2 is 0.699 bits per heavy atom. The van der Waals surface area contributed by atoms with Crippen LogP contribution < -0.4 is 22.9 Å². The van der Waals surface area contributed by atoms with E-state index in [1.54, 1.807) is 80.1 Å². The zero-order chi connectivity index (χ0) is 99.9. The third kappa shape index (κ3) is 22.9. The van der Waals surface area contributed by atoms with E-state index in [0.717, 1.165) is 75.3 Å². The van der Waals surface area contributed by atoms with Gasteiger partial charge in [-0.15, -0.1) is 0 Å². The summed E-state index contributed by atoms with van der Waals surface area (Å²) >= 11 is 26.2. The molecular formula is C108H90Cl4N20O11. The second-order valence-electron chi connectivity index (χ2n) is 33.5. The van der Waals surface area contributed by atoms with E-state index in [1.807, 2.05) is 224 Å². The molecule has 10 aromatic heterocycles. The summed E-state index contributed by atoms with van der Waals surface area (Å²) in [4.78, 5) is 138. The van der Waals surface area contributed by atoms with Crippen molar-refractivity contribution in [3.63, 3.8) is 0 Å². The fraction of sp³-hybridized carbons (Fsp3) is 0.157. The number of esters is 5. The number of aryl methyl sites for hydroxylation is 1. The minimum Gasteiger partial charge on any atom is -0.462 e. The van der Waals surface area contributed by atoms with Crippen molar-refractivity contribution in [1.82, 2.24) is 79.2 Å². The molecule has 0 radical (unpaired) electrons. The van der Waals surface area contributed by atoms with Gasteiger partial charge in [0.05, 0.1) is 118 Å². The third-order valence-corrected chi connectivity index (χ3v) is 24.7. The van der Waals surface area contributed by atoms with Crippen molar-refractivity contribution in [3.8, 4) is 90.1 Å². The van der Waals surface area contributed by atoms with E-state index >= 15 is 0 Å². The monoisotopic (exact) mass is 1980 g/mol. The zero-order valence-corrected chi connectivity index (χ0v) is 80.5. The van der Waals surface area contributed by atoms with Gasteiger partial charge < -0.3 is 61.0 Å². The Morgan fingerprint density at radius 3 is 1.02 bits per heavy atom. The molecule has 0 spiro atoms. The van der Waals surface area contributed by atoms with Gasteiger partial charge in [-0.05, 0) is 143 Å². The Labute approximate surface area is 839 Å². The number of pyridine rings is 5. The van der Waals surface area contributed by atoms with E-state index in [0.29, 0.717) is 147 Å². The second kappa shape index (κ2) is 44.6. The van der Waals surface area contributed by atoms with Crippen LogP contribution in [0.4, 0.5) is 23.3 Å². The average Bonchev–Trinajstić information content (AvgIpc) is 1.32. The first-order chi connectivity index (χ1) is 69.3. The maximum absolute atomic E-state index is 13.1. The number of likely N-dealkylation sites (tertiary alicyclic amines) is 2. The molecule has 0 aliphatic carbocycles. The molecule has 2 saturated heterocycles. The number of halogens is 4. The van der Waals surface area contributed by atoms with Crippen molar-refractivity contribution in [2.45, 2.75) is 39.4 Å². The van der Waals surface area contributed by atoms with Crippen LogP contribution in [0.1, 0.15) is 89.8 Å². The summed E-state index contributed by atoms with van der Waals surface area (Å²) in [6.07, 6.45) is 14.5. The van der Waals surface area contributed by atoms with Crippen LogP contribution in [0.3, 0.4) is 0 Å². The van der Waals surface area contributed by atoms with Gasteiger partial charge in [-0.25, -0.2) is 63.8 Å². The van der Waals surface area contributed by atoms with E-state index in [2.05, 4.69) is 71.8 Å². The Kier molecular flexibility index (Phi) is 30.5. The van der Waals surface area contributed by atoms with Crippen LogP contribution in [0.15, 0.2) is 280 Å². The number of aromatic nitrogens is 14. The van der Waals surface area contributed by atoms with Crippen molar-refractivity contribution in [2.24, 2.45) is 18.9 Å². The van der Waals surface area contributed by atoms with Crippen LogP contribution in [0.25, 0.3) is 134 Å². The largest absolute Gasteiger partial charge is 0.462 e. The first-order valence-electron chi connectivity index (χ1n) is 45.3. The lowest BCUT2D eigenvalue weighted by molar-refractivity contribution is -0.130. The van der Waals surface area contributed by atoms with Gasteiger partial charge in [0, 0.05) is 136 Å². The lowest BCUT2D eigenvalue weighted by Gasteiger charge is -2.28. The predicted molar refractivity (Wildman–Crippen MR) is 551 cm³/mol. The second-order valence-corrected chi connectivity index (χ2v) is 35.1. The number of nitrogen functional groups attached to an aromatic ring is 4. The molecular weight excluding hydrogens is 1900 g/mol. The van der Waals surface area contributed by atoms with Crippen molar-refractivity contribution < 1.29 is 52.5 Å². The van der Waals surface area contributed by atoms with E-state index in [4.69, 9.17) is 98.0 Å². The molecule has 8 aromatic carbocycles. The molecule has 2 aliphatic rings. The topological polar surface area (TPSA) is 432 Å². The Bertz CT molecular complexity index is 7840. The molecule has 35 heteroatoms. The Morgan fingerprint density at radius 1 is 0.357 bits per heavy atom. The minimum absolute atomic E-state index is 0.00535. The van der Waals surface area contributed by atoms with Crippen molar-refractivity contribution in [3.05, 3.63) is 340 Å². The van der Waals surface area contributed by atoms with Crippen molar-refractivity contribution in [1.29, 1.82) is 0 Å². The number of piperidine rings is 1. The predicted octanol–water partition coefficient (Wildman–Crippen LogP) is 20.1. The van der Waals surface area contributed by atoms with E-state index in [9.17, 15) is 28.8 Å². The highest BCUT2D eigenvalue weighted by molar-refractivity contribution is 6.37. The van der Waals surface area contributed by atoms with Gasteiger partial charge in [-0.3, -0.25) is 29.7 Å². The number of carbonyl (C=O) groups excluding carboxylic acids is 6. The summed E-state index contributed by atoms with van der Waals surface area (Å²) in [5.74, 6) is -3.38. The van der Waals surface area contributed by atoms with Crippen LogP contribution in [0.5, 0.6) is 0 Å². The molecule has 31 nitrogen and oxygen atoms in total. The lowest BCUT2D eigenvalue weighted by atomic mass is 9.98. The SMILES string of the molecule is CCOC(=O)c1ccc(COC(=O)c2nc(-c3cc(Cl)c4ncccc4c3)c(-c3ccccc3)nc2N)nc1.CN1CCC(COC(=O)c2nc(-c3cc(Cl)c4ncccc4c3)c(-c3ccccc3)nc2N)C1=O.CN1CCC(COC(=O)c2nc(-c3cc(Cl)c4ncccc4c3)c(-c3ccccc3)nc2N)CC1.Cn1ccc(COC(=O)c2nc(-c3cc(Cl)c4ncccc4c3)c(-c3ccccc3)nc2N)c1. The minimum atomic E-state index is -0.773. The molecule has 2 aliphatic heterocycles. The van der Waals surface area contributed by atoms with Crippen LogP contribution >= 0.6 is 46.4 Å². The summed E-state index contributed by atoms with van der Waals surface area (Å²) in [5, 5.41) is 5.17. The van der Waals surface area contributed by atoms with Gasteiger partial charge >= 0.3 is 29.8 Å². The van der Waals surface area contributed by atoms with E-state index in [1.165, 1.54) is 6.20 Å². The summed E-state index contributed by atoms with van der Waals surface area (Å²) in [6.45, 7) is 4.86. The van der Waals surface area contributed by atoms with Gasteiger partial charge in [-0.2, -0.15) is 0 Å². The van der Waals surface area contributed by atoms with Crippen LogP contribution in [0.2, 0.25) is 20.1 Å². The zero-order valence-electron chi connectivity index (χ0n) is 77.5. The van der Waals surface area contributed by atoms with Crippen molar-refractivity contribution >= 4 is 149 Å². The normalized spacial score (nSPS) is 13.0. The average molecular weight is 1990 g/mol. The fourth-order valence-corrected chi connectivity index (χ4v) is 17.3. The van der Waals surface area contributed by atoms with Gasteiger partial charge in [0.15, 0.2) is 46.0 Å². The lowest BCUT2D eigenvalue weighted by Crippen LogP contribution is -2.32. The highest BCUT2D eigenvalue weighted by Gasteiger charge is 2.33. The fourth-order valence-electron chi connectivity index (χ4n) is 16.2. The standard InChI is InChI=1S/C29H22ClN5O4.C27H26ClN5O2.C26H22ClN5O3.C26H20ClN5O2/c1-2-38-28(36)19-10-11-21(33-15-19)16-39-29(37)26-27(31)35-24(17-7-4-3-5-8-17)25(34-26)20-13-18-9-6-12-32-23(18)22(30)14-20;1-33-12-9-17(10-13-33)16-35-27(34)25-26(29)32-23(18-6-3-2-4-7-18)24(31-25)20-14-19-8-5-11-30-22(19)21(28)15-20;1-32-11-9-17(25(32)33)14-35-26(34)23-24(28)31-21(15-6-3-2-4-7-15)22(30-23)18-12-16-8-5-10-29-20(16)19(27)13-18;1-32-11-9-16(14-32)15-34-26(33)24-25(28)31-22(17-6-3-2-4-7-17)23(30-24)19-12-18-8-5-10-29-21(18)20(27)13-19/h3-15H,2,16H2,1H3,(H2,31,35);2-8,11,14-15,17H,9-10,12-13,16H2,1H3,(H2,29,32);2-8,10,12-13,17H,9,11,14H2,1H3,(H2,28,31);2-14H,15H2,1H3,(H2,28,31). The highest BCUT2D eigenvalue weighted by atomic mass is 35.5. The third-order valence-electron chi connectivity index (χ3n) is 23.6. The van der Waals surface area contributed by atoms with Gasteiger partial charge in [0.25, 0.3) is 0 Å². The molecule has 143 heavy (non-hydrogen) atoms. The maximum atomic E-state index is 13.1. The van der Waals surface area contributed by atoms with Gasteiger partial charge in [0.1, 0.15) is 19.8 Å². The molecule has 2 fully saturated rings. The number of carbonyl (C=O) groups is 6. The van der Waals surface area contributed by atoms with Gasteiger partial charge in [-0.1, -0.05) is 192 Å². The van der Waals surface area contributed by atoms with Gasteiger partial charge in [0.2, 0.25) is 5.91 Å². The first-order valence-corrected chi connectivity index (χ1v) is 46.8. The summed E-state index contributed by atoms with van der Waals surface area (Å²) in [5.41, 5.74) is 38.6. The van der Waals surface area contributed by atoms with Crippen molar-refractivity contribution in [2.75, 3.05) is 76.5 Å². The number of nitrogens with two attached hydrogens (primary N) is 4. The molecule has 18 aromatic rings. The van der Waals surface area contributed by atoms with E-state index < -0.39 is 29.8 Å². The number of hydrogen-bond donors (Lipinski definition) is 4. The number of nitrogens with zero attached hydrogens (tertiary/aromatic N) is 16. The molecule has 20 rings (SSSR count). The Hall–Kier alpha value is -16.7. The maximum Gasteiger partial charge on any atom is 0.361 e. The smallest absolute Gasteiger partial charge is 0.361 e. The highest BCUT2D eigenvalue weighted by Crippen LogP contribution is 2.42. The summed E-state index contributed by atoms with van der Waals surface area (Å²) in [6, 6.07) is 72.5. The molecule has 1 amide bonds. The number of anilines is 4. The molecule has 8 N–H and O–H groups in total. The molecule has 0 bridgehead atoms. The van der Waals surface area contributed by atoms with Crippen LogP contribution in [0, 0.1) is 11.8 Å². The molecule has 1 atom stereocenters. The number of amides is 1. The quantitative estimate of drug-likeness (QED) is 0.0361. The summed E-state index contributed by atoms with van der Waals surface area (Å²) in [7, 11) is 5.73.